The van der Waals surface area contributed by atoms with Crippen molar-refractivity contribution in [1.29, 1.82) is 0 Å². The van der Waals surface area contributed by atoms with Crippen molar-refractivity contribution in [2.24, 2.45) is 5.92 Å². The first-order valence-corrected chi connectivity index (χ1v) is 6.29. The molecule has 0 radical (unpaired) electrons. The molecule has 15 heavy (non-hydrogen) atoms. The monoisotopic (exact) mass is 210 g/mol. The number of piperidine rings is 1. The van der Waals surface area contributed by atoms with E-state index in [1.165, 1.54) is 32.4 Å². The number of rotatable bonds is 5. The van der Waals surface area contributed by atoms with Crippen molar-refractivity contribution in [1.82, 2.24) is 10.2 Å². The summed E-state index contributed by atoms with van der Waals surface area (Å²) in [7, 11) is 2.01. The standard InChI is InChI=1S/C13H26N2/c1-12(2)15-10-7-13(8-11-15)6-4-5-9-14-3/h4,6,12-14H,5,7-11H2,1-3H3/b6-4-. The van der Waals surface area contributed by atoms with E-state index >= 15 is 0 Å². The average molecular weight is 210 g/mol. The smallest absolute Gasteiger partial charge is 0.00385 e. The highest BCUT2D eigenvalue weighted by Gasteiger charge is 2.18. The summed E-state index contributed by atoms with van der Waals surface area (Å²) in [5, 5.41) is 3.17. The number of hydrogen-bond acceptors (Lipinski definition) is 2. The fourth-order valence-corrected chi connectivity index (χ4v) is 2.14. The lowest BCUT2D eigenvalue weighted by Gasteiger charge is -2.33. The first-order valence-electron chi connectivity index (χ1n) is 6.29. The molecule has 0 unspecified atom stereocenters. The third-order valence-corrected chi connectivity index (χ3v) is 3.27. The van der Waals surface area contributed by atoms with Crippen LogP contribution in [0.2, 0.25) is 0 Å². The largest absolute Gasteiger partial charge is 0.319 e. The Kier molecular flexibility index (Phi) is 5.96. The van der Waals surface area contributed by atoms with Crippen LogP contribution < -0.4 is 5.32 Å². The Morgan fingerprint density at radius 3 is 2.53 bits per heavy atom. The molecule has 2 heteroatoms. The summed E-state index contributed by atoms with van der Waals surface area (Å²) >= 11 is 0. The molecule has 0 aromatic rings. The van der Waals surface area contributed by atoms with Gasteiger partial charge in [-0.25, -0.2) is 0 Å². The molecule has 1 saturated heterocycles. The first kappa shape index (κ1) is 12.7. The normalized spacial score (nSPS) is 20.5. The molecule has 0 amide bonds. The molecule has 1 aliphatic heterocycles. The fourth-order valence-electron chi connectivity index (χ4n) is 2.14. The highest BCUT2D eigenvalue weighted by molar-refractivity contribution is 4.91. The van der Waals surface area contributed by atoms with Crippen molar-refractivity contribution < 1.29 is 0 Å². The first-order chi connectivity index (χ1) is 7.24. The van der Waals surface area contributed by atoms with Crippen molar-refractivity contribution in [3.05, 3.63) is 12.2 Å². The maximum absolute atomic E-state index is 3.17. The van der Waals surface area contributed by atoms with E-state index in [0.29, 0.717) is 0 Å². The van der Waals surface area contributed by atoms with Gasteiger partial charge in [-0.2, -0.15) is 0 Å². The molecule has 1 aliphatic rings. The third-order valence-electron chi connectivity index (χ3n) is 3.27. The molecule has 1 rings (SSSR count). The molecular formula is C13H26N2. The Labute approximate surface area is 94.7 Å². The molecule has 0 aromatic carbocycles. The van der Waals surface area contributed by atoms with E-state index in [-0.39, 0.29) is 0 Å². The van der Waals surface area contributed by atoms with Gasteiger partial charge < -0.3 is 10.2 Å². The maximum Gasteiger partial charge on any atom is 0.00385 e. The minimum atomic E-state index is 0.722. The van der Waals surface area contributed by atoms with Gasteiger partial charge in [-0.1, -0.05) is 12.2 Å². The lowest BCUT2D eigenvalue weighted by atomic mass is 9.95. The van der Waals surface area contributed by atoms with Gasteiger partial charge in [0.2, 0.25) is 0 Å². The van der Waals surface area contributed by atoms with Crippen LogP contribution in [0.1, 0.15) is 33.1 Å². The van der Waals surface area contributed by atoms with Crippen LogP contribution in [0.5, 0.6) is 0 Å². The Morgan fingerprint density at radius 2 is 2.00 bits per heavy atom. The number of hydrogen-bond donors (Lipinski definition) is 1. The van der Waals surface area contributed by atoms with Crippen LogP contribution in [0.25, 0.3) is 0 Å². The summed E-state index contributed by atoms with van der Waals surface area (Å²) in [5.74, 6) is 0.830. The van der Waals surface area contributed by atoms with Crippen molar-refractivity contribution in [3.63, 3.8) is 0 Å². The van der Waals surface area contributed by atoms with E-state index in [9.17, 15) is 0 Å². The van der Waals surface area contributed by atoms with Crippen molar-refractivity contribution in [2.75, 3.05) is 26.7 Å². The molecule has 0 atom stereocenters. The summed E-state index contributed by atoms with van der Waals surface area (Å²) in [6.07, 6.45) is 8.62. The van der Waals surface area contributed by atoms with E-state index in [0.717, 1.165) is 18.5 Å². The van der Waals surface area contributed by atoms with Crippen LogP contribution in [0.3, 0.4) is 0 Å². The van der Waals surface area contributed by atoms with Gasteiger partial charge in [0, 0.05) is 6.04 Å². The topological polar surface area (TPSA) is 15.3 Å². The zero-order chi connectivity index (χ0) is 11.1. The second-order valence-electron chi connectivity index (χ2n) is 4.79. The van der Waals surface area contributed by atoms with Gasteiger partial charge in [0.25, 0.3) is 0 Å². The maximum atomic E-state index is 3.17. The molecule has 0 saturated carbocycles. The summed E-state index contributed by atoms with van der Waals surface area (Å²) in [4.78, 5) is 2.58. The van der Waals surface area contributed by atoms with E-state index in [1.54, 1.807) is 0 Å². The molecule has 0 spiro atoms. The van der Waals surface area contributed by atoms with Gasteiger partial charge in [-0.15, -0.1) is 0 Å². The average Bonchev–Trinajstić information content (AvgIpc) is 2.25. The highest BCUT2D eigenvalue weighted by atomic mass is 15.1. The van der Waals surface area contributed by atoms with Gasteiger partial charge in [0.15, 0.2) is 0 Å². The number of nitrogens with zero attached hydrogens (tertiary/aromatic N) is 1. The predicted molar refractivity (Wildman–Crippen MR) is 67.1 cm³/mol. The summed E-state index contributed by atoms with van der Waals surface area (Å²) in [6, 6.07) is 0.722. The number of allylic oxidation sites excluding steroid dienone is 1. The summed E-state index contributed by atoms with van der Waals surface area (Å²) in [5.41, 5.74) is 0. The van der Waals surface area contributed by atoms with Crippen LogP contribution in [-0.4, -0.2) is 37.6 Å². The lowest BCUT2D eigenvalue weighted by Crippen LogP contribution is -2.38. The highest BCUT2D eigenvalue weighted by Crippen LogP contribution is 2.19. The van der Waals surface area contributed by atoms with E-state index in [1.807, 2.05) is 7.05 Å². The molecule has 0 bridgehead atoms. The molecule has 1 fully saturated rings. The second kappa shape index (κ2) is 7.02. The zero-order valence-corrected chi connectivity index (χ0v) is 10.5. The third kappa shape index (κ3) is 4.80. The summed E-state index contributed by atoms with van der Waals surface area (Å²) < 4.78 is 0. The number of likely N-dealkylation sites (tertiary alicyclic amines) is 1. The SMILES string of the molecule is CNCC/C=C\C1CCN(C(C)C)CC1. The van der Waals surface area contributed by atoms with Crippen molar-refractivity contribution >= 4 is 0 Å². The van der Waals surface area contributed by atoms with Crippen LogP contribution in [0.15, 0.2) is 12.2 Å². The molecular weight excluding hydrogens is 184 g/mol. The van der Waals surface area contributed by atoms with Gasteiger partial charge in [0.05, 0.1) is 0 Å². The van der Waals surface area contributed by atoms with Crippen LogP contribution in [0.4, 0.5) is 0 Å². The zero-order valence-electron chi connectivity index (χ0n) is 10.5. The van der Waals surface area contributed by atoms with Gasteiger partial charge in [-0.05, 0) is 65.7 Å². The second-order valence-corrected chi connectivity index (χ2v) is 4.79. The Bertz CT molecular complexity index is 179. The van der Waals surface area contributed by atoms with Crippen LogP contribution in [0, 0.1) is 5.92 Å². The minimum Gasteiger partial charge on any atom is -0.319 e. The molecule has 88 valence electrons. The molecule has 0 aliphatic carbocycles. The molecule has 1 heterocycles. The van der Waals surface area contributed by atoms with Crippen molar-refractivity contribution in [3.8, 4) is 0 Å². The predicted octanol–water partition coefficient (Wildman–Crippen LogP) is 2.27. The molecule has 0 aromatic heterocycles. The quantitative estimate of drug-likeness (QED) is 0.553. The van der Waals surface area contributed by atoms with Crippen LogP contribution in [-0.2, 0) is 0 Å². The van der Waals surface area contributed by atoms with Gasteiger partial charge >= 0.3 is 0 Å². The number of nitrogens with one attached hydrogen (secondary N) is 1. The van der Waals surface area contributed by atoms with Crippen LogP contribution >= 0.6 is 0 Å². The lowest BCUT2D eigenvalue weighted by molar-refractivity contribution is 0.164. The van der Waals surface area contributed by atoms with Crippen molar-refractivity contribution in [2.45, 2.75) is 39.2 Å². The fraction of sp³-hybridized carbons (Fsp3) is 0.846. The summed E-state index contributed by atoms with van der Waals surface area (Å²) in [6.45, 7) is 8.24. The Balaban J connectivity index is 2.17. The molecule has 1 N–H and O–H groups in total. The Morgan fingerprint density at radius 1 is 1.33 bits per heavy atom. The van der Waals surface area contributed by atoms with Gasteiger partial charge in [0.1, 0.15) is 0 Å². The minimum absolute atomic E-state index is 0.722. The van der Waals surface area contributed by atoms with E-state index < -0.39 is 0 Å². The van der Waals surface area contributed by atoms with E-state index in [4.69, 9.17) is 0 Å². The van der Waals surface area contributed by atoms with Gasteiger partial charge in [-0.3, -0.25) is 0 Å². The Hall–Kier alpha value is -0.340. The van der Waals surface area contributed by atoms with E-state index in [2.05, 4.69) is 36.2 Å². The molecule has 2 nitrogen and oxygen atoms in total.